The van der Waals surface area contributed by atoms with Gasteiger partial charge >= 0.3 is 0 Å². The maximum atomic E-state index is 12.1. The summed E-state index contributed by atoms with van der Waals surface area (Å²) < 4.78 is 5.29. The molecule has 0 aromatic heterocycles. The molecule has 0 unspecified atom stereocenters. The van der Waals surface area contributed by atoms with Crippen molar-refractivity contribution < 1.29 is 9.53 Å². The number of ether oxygens (including phenoxy) is 1. The molecule has 1 rings (SSSR count). The molecule has 0 aliphatic rings. The summed E-state index contributed by atoms with van der Waals surface area (Å²) in [4.78, 5) is 12.1. The number of hydrogen-bond acceptors (Lipinski definition) is 3. The molecular weight excluding hydrogens is 240 g/mol. The maximum absolute atomic E-state index is 12.1. The van der Waals surface area contributed by atoms with Crippen molar-refractivity contribution in [2.24, 2.45) is 11.1 Å². The van der Waals surface area contributed by atoms with Crippen LogP contribution in [0.4, 0.5) is 0 Å². The smallest absolute Gasteiger partial charge is 0.251 e. The highest BCUT2D eigenvalue weighted by Gasteiger charge is 2.18. The standard InChI is InChI=1S/C15H24N2O2/c1-10-6-12(7-11(2)13(10)19-5)14(18)17-9-15(3,4)8-16/h6-7H,8-9,16H2,1-5H3,(H,17,18). The van der Waals surface area contributed by atoms with Gasteiger partial charge in [-0.15, -0.1) is 0 Å². The van der Waals surface area contributed by atoms with Crippen molar-refractivity contribution in [3.63, 3.8) is 0 Å². The van der Waals surface area contributed by atoms with Crippen LogP contribution in [0.5, 0.6) is 5.75 Å². The van der Waals surface area contributed by atoms with Crippen LogP contribution in [0, 0.1) is 19.3 Å². The summed E-state index contributed by atoms with van der Waals surface area (Å²) in [6.07, 6.45) is 0. The minimum absolute atomic E-state index is 0.0737. The molecule has 0 heterocycles. The van der Waals surface area contributed by atoms with E-state index in [2.05, 4.69) is 5.32 Å². The highest BCUT2D eigenvalue weighted by Crippen LogP contribution is 2.24. The van der Waals surface area contributed by atoms with E-state index in [9.17, 15) is 4.79 Å². The fourth-order valence-electron chi connectivity index (χ4n) is 1.90. The Balaban J connectivity index is 2.84. The predicted octanol–water partition coefficient (Wildman–Crippen LogP) is 2.03. The van der Waals surface area contributed by atoms with Crippen molar-refractivity contribution in [3.05, 3.63) is 28.8 Å². The lowest BCUT2D eigenvalue weighted by molar-refractivity contribution is 0.0937. The van der Waals surface area contributed by atoms with Crippen molar-refractivity contribution >= 4 is 5.91 Å². The van der Waals surface area contributed by atoms with Gasteiger partial charge in [0.15, 0.2) is 0 Å². The number of aryl methyl sites for hydroxylation is 2. The van der Waals surface area contributed by atoms with Gasteiger partial charge in [-0.1, -0.05) is 13.8 Å². The molecule has 0 spiro atoms. The summed E-state index contributed by atoms with van der Waals surface area (Å²) in [5, 5.41) is 2.92. The van der Waals surface area contributed by atoms with E-state index in [0.29, 0.717) is 18.7 Å². The van der Waals surface area contributed by atoms with Crippen molar-refractivity contribution in [3.8, 4) is 5.75 Å². The van der Waals surface area contributed by atoms with Crippen molar-refractivity contribution in [1.82, 2.24) is 5.32 Å². The second kappa shape index (κ2) is 6.06. The molecule has 0 atom stereocenters. The van der Waals surface area contributed by atoms with E-state index in [-0.39, 0.29) is 11.3 Å². The number of methoxy groups -OCH3 is 1. The largest absolute Gasteiger partial charge is 0.496 e. The first-order chi connectivity index (χ1) is 8.80. The maximum Gasteiger partial charge on any atom is 0.251 e. The number of nitrogens with one attached hydrogen (secondary N) is 1. The summed E-state index contributed by atoms with van der Waals surface area (Å²) in [6, 6.07) is 3.69. The van der Waals surface area contributed by atoms with E-state index in [4.69, 9.17) is 10.5 Å². The van der Waals surface area contributed by atoms with Gasteiger partial charge in [-0.2, -0.15) is 0 Å². The fourth-order valence-corrected chi connectivity index (χ4v) is 1.90. The lowest BCUT2D eigenvalue weighted by atomic mass is 9.94. The number of carbonyl (C=O) groups excluding carboxylic acids is 1. The van der Waals surface area contributed by atoms with Crippen LogP contribution in [0.1, 0.15) is 35.3 Å². The number of rotatable bonds is 5. The Morgan fingerprint density at radius 2 is 1.84 bits per heavy atom. The molecule has 1 amide bonds. The summed E-state index contributed by atoms with van der Waals surface area (Å²) in [5.41, 5.74) is 8.14. The zero-order valence-electron chi connectivity index (χ0n) is 12.5. The Morgan fingerprint density at radius 1 is 1.32 bits per heavy atom. The predicted molar refractivity (Wildman–Crippen MR) is 77.6 cm³/mol. The van der Waals surface area contributed by atoms with Crippen molar-refractivity contribution in [2.75, 3.05) is 20.2 Å². The quantitative estimate of drug-likeness (QED) is 0.855. The van der Waals surface area contributed by atoms with Gasteiger partial charge in [0.25, 0.3) is 5.91 Å². The van der Waals surface area contributed by atoms with Crippen LogP contribution in [0.25, 0.3) is 0 Å². The van der Waals surface area contributed by atoms with E-state index >= 15 is 0 Å². The third-order valence-electron chi connectivity index (χ3n) is 3.21. The van der Waals surface area contributed by atoms with Crippen LogP contribution in [0.3, 0.4) is 0 Å². The van der Waals surface area contributed by atoms with Crippen molar-refractivity contribution in [2.45, 2.75) is 27.7 Å². The van der Waals surface area contributed by atoms with Gasteiger partial charge in [0, 0.05) is 12.1 Å². The molecule has 3 N–H and O–H groups in total. The molecular formula is C15H24N2O2. The highest BCUT2D eigenvalue weighted by molar-refractivity contribution is 5.94. The van der Waals surface area contributed by atoms with Gasteiger partial charge in [0.2, 0.25) is 0 Å². The fraction of sp³-hybridized carbons (Fsp3) is 0.533. The molecule has 1 aromatic rings. The number of amides is 1. The van der Waals surface area contributed by atoms with Crippen LogP contribution in [0.15, 0.2) is 12.1 Å². The summed E-state index contributed by atoms with van der Waals surface area (Å²) in [7, 11) is 1.64. The average molecular weight is 264 g/mol. The lowest BCUT2D eigenvalue weighted by Gasteiger charge is -2.22. The first-order valence-corrected chi connectivity index (χ1v) is 6.44. The van der Waals surface area contributed by atoms with E-state index in [1.165, 1.54) is 0 Å². The van der Waals surface area contributed by atoms with E-state index in [0.717, 1.165) is 16.9 Å². The number of benzene rings is 1. The van der Waals surface area contributed by atoms with Gasteiger partial charge in [-0.3, -0.25) is 4.79 Å². The minimum atomic E-state index is -0.0911. The molecule has 19 heavy (non-hydrogen) atoms. The van der Waals surface area contributed by atoms with Crippen LogP contribution in [0.2, 0.25) is 0 Å². The van der Waals surface area contributed by atoms with Gasteiger partial charge in [-0.05, 0) is 49.1 Å². The third-order valence-corrected chi connectivity index (χ3v) is 3.21. The normalized spacial score (nSPS) is 11.3. The monoisotopic (exact) mass is 264 g/mol. The lowest BCUT2D eigenvalue weighted by Crippen LogP contribution is -2.38. The van der Waals surface area contributed by atoms with Gasteiger partial charge in [-0.25, -0.2) is 0 Å². The topological polar surface area (TPSA) is 64.3 Å². The van der Waals surface area contributed by atoms with Crippen molar-refractivity contribution in [1.29, 1.82) is 0 Å². The number of carbonyl (C=O) groups is 1. The first-order valence-electron chi connectivity index (χ1n) is 6.44. The molecule has 0 bridgehead atoms. The summed E-state index contributed by atoms with van der Waals surface area (Å²) in [6.45, 7) is 9.02. The van der Waals surface area contributed by atoms with Crippen LogP contribution >= 0.6 is 0 Å². The molecule has 0 saturated carbocycles. The summed E-state index contributed by atoms with van der Waals surface area (Å²) >= 11 is 0. The molecule has 4 heteroatoms. The van der Waals surface area contributed by atoms with Gasteiger partial charge in [0.05, 0.1) is 7.11 Å². The number of hydrogen-bond donors (Lipinski definition) is 2. The van der Waals surface area contributed by atoms with Crippen LogP contribution < -0.4 is 15.8 Å². The van der Waals surface area contributed by atoms with Gasteiger partial charge in [0.1, 0.15) is 5.75 Å². The zero-order valence-corrected chi connectivity index (χ0v) is 12.5. The molecule has 0 fully saturated rings. The molecule has 4 nitrogen and oxygen atoms in total. The molecule has 0 aliphatic heterocycles. The zero-order chi connectivity index (χ0) is 14.6. The molecule has 106 valence electrons. The SMILES string of the molecule is COc1c(C)cc(C(=O)NCC(C)(C)CN)cc1C. The minimum Gasteiger partial charge on any atom is -0.496 e. The molecule has 0 radical (unpaired) electrons. The Morgan fingerprint density at radius 3 is 2.26 bits per heavy atom. The van der Waals surface area contributed by atoms with Gasteiger partial charge < -0.3 is 15.8 Å². The van der Waals surface area contributed by atoms with E-state index < -0.39 is 0 Å². The second-order valence-electron chi connectivity index (χ2n) is 5.69. The Kier molecular flexibility index (Phi) is 4.95. The average Bonchev–Trinajstić information content (AvgIpc) is 2.35. The van der Waals surface area contributed by atoms with E-state index in [1.807, 2.05) is 39.8 Å². The van der Waals surface area contributed by atoms with Crippen LogP contribution in [-0.4, -0.2) is 26.1 Å². The van der Waals surface area contributed by atoms with E-state index in [1.54, 1.807) is 7.11 Å². The first kappa shape index (κ1) is 15.5. The summed E-state index contributed by atoms with van der Waals surface area (Å²) in [5.74, 6) is 0.759. The highest BCUT2D eigenvalue weighted by atomic mass is 16.5. The Labute approximate surface area is 115 Å². The molecule has 0 aliphatic carbocycles. The second-order valence-corrected chi connectivity index (χ2v) is 5.69. The Bertz CT molecular complexity index is 444. The molecule has 0 saturated heterocycles. The van der Waals surface area contributed by atoms with Crippen LogP contribution in [-0.2, 0) is 0 Å². The number of nitrogens with two attached hydrogens (primary N) is 1. The third kappa shape index (κ3) is 3.96. The molecule has 1 aromatic carbocycles. The Hall–Kier alpha value is -1.55.